The van der Waals surface area contributed by atoms with Crippen LogP contribution in [-0.4, -0.2) is 27.6 Å². The molecule has 0 spiro atoms. The van der Waals surface area contributed by atoms with Crippen LogP contribution in [0.25, 0.3) is 0 Å². The summed E-state index contributed by atoms with van der Waals surface area (Å²) in [5.74, 6) is -1.03. The van der Waals surface area contributed by atoms with E-state index in [4.69, 9.17) is 0 Å². The first kappa shape index (κ1) is 20.4. The normalized spacial score (nSPS) is 15.5. The first-order valence-electron chi connectivity index (χ1n) is 9.49. The molecule has 2 heterocycles. The number of nitrogens with zero attached hydrogens (tertiary/aromatic N) is 2. The molecule has 1 aliphatic rings. The second-order valence-corrected chi connectivity index (χ2v) is 9.23. The molecule has 0 radical (unpaired) electrons. The Labute approximate surface area is 181 Å². The third-order valence-corrected chi connectivity index (χ3v) is 6.79. The Morgan fingerprint density at radius 2 is 1.97 bits per heavy atom. The number of rotatable bonds is 5. The van der Waals surface area contributed by atoms with Crippen molar-refractivity contribution in [2.45, 2.75) is 33.2 Å². The Morgan fingerprint density at radius 3 is 2.70 bits per heavy atom. The zero-order chi connectivity index (χ0) is 21.3. The number of fused-ring (bicyclic) bond motifs is 1. The van der Waals surface area contributed by atoms with Crippen LogP contribution in [0.2, 0.25) is 0 Å². The standard InChI is InChI=1S/C21H20N4O3S2/c1-11-5-3-4-6-15(11)20(28)25-21-24-16-7-13(8-17(26)18(16)30-21)19(27)22-9-14-10-29-12(2)23-14/h3-6,10,13H,7-9H2,1-2H3,(H,22,27)(H,24,25,28). The largest absolute Gasteiger partial charge is 0.350 e. The smallest absolute Gasteiger partial charge is 0.257 e. The van der Waals surface area contributed by atoms with Gasteiger partial charge in [-0.15, -0.1) is 11.3 Å². The highest BCUT2D eigenvalue weighted by Crippen LogP contribution is 2.32. The van der Waals surface area contributed by atoms with Crippen molar-refractivity contribution in [2.24, 2.45) is 5.92 Å². The predicted molar refractivity (Wildman–Crippen MR) is 116 cm³/mol. The summed E-state index contributed by atoms with van der Waals surface area (Å²) < 4.78 is 0. The highest BCUT2D eigenvalue weighted by Gasteiger charge is 2.33. The first-order chi connectivity index (χ1) is 14.4. The van der Waals surface area contributed by atoms with Crippen molar-refractivity contribution in [2.75, 3.05) is 5.32 Å². The van der Waals surface area contributed by atoms with Gasteiger partial charge in [0.05, 0.1) is 33.7 Å². The Morgan fingerprint density at radius 1 is 1.17 bits per heavy atom. The fourth-order valence-corrected chi connectivity index (χ4v) is 4.92. The lowest BCUT2D eigenvalue weighted by Gasteiger charge is -2.19. The van der Waals surface area contributed by atoms with Crippen LogP contribution in [-0.2, 0) is 17.8 Å². The fraction of sp³-hybridized carbons (Fsp3) is 0.286. The molecule has 0 saturated carbocycles. The summed E-state index contributed by atoms with van der Waals surface area (Å²) in [5.41, 5.74) is 2.80. The number of carbonyl (C=O) groups excluding carboxylic acids is 3. The molecule has 3 aromatic rings. The minimum absolute atomic E-state index is 0.116. The van der Waals surface area contributed by atoms with E-state index < -0.39 is 5.92 Å². The zero-order valence-electron chi connectivity index (χ0n) is 16.5. The average Bonchev–Trinajstić information content (AvgIpc) is 3.32. The summed E-state index contributed by atoms with van der Waals surface area (Å²) in [5, 5.41) is 8.86. The number of thiazole rings is 2. The summed E-state index contributed by atoms with van der Waals surface area (Å²) in [7, 11) is 0. The Kier molecular flexibility index (Phi) is 5.74. The van der Waals surface area contributed by atoms with Crippen molar-refractivity contribution in [3.05, 3.63) is 62.0 Å². The second-order valence-electron chi connectivity index (χ2n) is 7.17. The minimum atomic E-state index is -0.466. The number of hydrogen-bond acceptors (Lipinski definition) is 7. The number of hydrogen-bond donors (Lipinski definition) is 2. The lowest BCUT2D eigenvalue weighted by Crippen LogP contribution is -2.35. The van der Waals surface area contributed by atoms with Crippen LogP contribution in [0, 0.1) is 19.8 Å². The van der Waals surface area contributed by atoms with Gasteiger partial charge in [0.1, 0.15) is 0 Å². The fourth-order valence-electron chi connectivity index (χ4n) is 3.37. The molecular formula is C21H20N4O3S2. The molecule has 4 rings (SSSR count). The maximum atomic E-state index is 12.6. The number of ketones is 1. The molecule has 1 aliphatic carbocycles. The summed E-state index contributed by atoms with van der Waals surface area (Å²) >= 11 is 2.70. The molecule has 2 N–H and O–H groups in total. The van der Waals surface area contributed by atoms with Crippen molar-refractivity contribution in [1.29, 1.82) is 0 Å². The highest BCUT2D eigenvalue weighted by atomic mass is 32.1. The second kappa shape index (κ2) is 8.45. The number of aryl methyl sites for hydroxylation is 2. The van der Waals surface area contributed by atoms with Gasteiger partial charge in [0.25, 0.3) is 5.91 Å². The number of benzene rings is 1. The van der Waals surface area contributed by atoms with E-state index >= 15 is 0 Å². The molecule has 2 aromatic heterocycles. The molecular weight excluding hydrogens is 420 g/mol. The van der Waals surface area contributed by atoms with Crippen molar-refractivity contribution in [3.63, 3.8) is 0 Å². The molecule has 1 unspecified atom stereocenters. The molecule has 154 valence electrons. The van der Waals surface area contributed by atoms with Gasteiger partial charge in [0.15, 0.2) is 10.9 Å². The van der Waals surface area contributed by atoms with E-state index in [2.05, 4.69) is 20.6 Å². The molecule has 1 atom stereocenters. The van der Waals surface area contributed by atoms with Gasteiger partial charge in [-0.1, -0.05) is 29.5 Å². The van der Waals surface area contributed by atoms with E-state index in [1.54, 1.807) is 12.1 Å². The number of nitrogens with one attached hydrogen (secondary N) is 2. The number of carbonyl (C=O) groups is 3. The van der Waals surface area contributed by atoms with Gasteiger partial charge in [0, 0.05) is 23.8 Å². The summed E-state index contributed by atoms with van der Waals surface area (Å²) in [6.45, 7) is 4.12. The van der Waals surface area contributed by atoms with Gasteiger partial charge in [0.2, 0.25) is 5.91 Å². The predicted octanol–water partition coefficient (Wildman–Crippen LogP) is 3.53. The molecule has 30 heavy (non-hydrogen) atoms. The topological polar surface area (TPSA) is 101 Å². The molecule has 1 aromatic carbocycles. The lowest BCUT2D eigenvalue weighted by molar-refractivity contribution is -0.125. The number of aromatic nitrogens is 2. The van der Waals surface area contributed by atoms with Gasteiger partial charge in [-0.25, -0.2) is 9.97 Å². The summed E-state index contributed by atoms with van der Waals surface area (Å²) in [4.78, 5) is 46.9. The van der Waals surface area contributed by atoms with Crippen LogP contribution in [0.3, 0.4) is 0 Å². The van der Waals surface area contributed by atoms with Gasteiger partial charge < -0.3 is 5.32 Å². The van der Waals surface area contributed by atoms with Gasteiger partial charge in [-0.3, -0.25) is 19.7 Å². The molecule has 9 heteroatoms. The Hall–Kier alpha value is -2.91. The van der Waals surface area contributed by atoms with Crippen molar-refractivity contribution < 1.29 is 14.4 Å². The average molecular weight is 441 g/mol. The molecule has 0 fully saturated rings. The Bertz CT molecular complexity index is 1130. The first-order valence-corrected chi connectivity index (χ1v) is 11.2. The van der Waals surface area contributed by atoms with Crippen LogP contribution < -0.4 is 10.6 Å². The van der Waals surface area contributed by atoms with Gasteiger partial charge >= 0.3 is 0 Å². The number of anilines is 1. The van der Waals surface area contributed by atoms with Crippen LogP contribution in [0.4, 0.5) is 5.13 Å². The van der Waals surface area contributed by atoms with E-state index in [0.717, 1.165) is 16.3 Å². The summed E-state index contributed by atoms with van der Waals surface area (Å²) in [6.07, 6.45) is 0.516. The molecule has 7 nitrogen and oxygen atoms in total. The van der Waals surface area contributed by atoms with E-state index in [-0.39, 0.29) is 24.0 Å². The van der Waals surface area contributed by atoms with E-state index in [0.29, 0.717) is 34.2 Å². The molecule has 0 bridgehead atoms. The monoisotopic (exact) mass is 440 g/mol. The van der Waals surface area contributed by atoms with Crippen LogP contribution >= 0.6 is 22.7 Å². The van der Waals surface area contributed by atoms with Crippen molar-refractivity contribution in [1.82, 2.24) is 15.3 Å². The molecule has 0 saturated heterocycles. The maximum absolute atomic E-state index is 12.6. The van der Waals surface area contributed by atoms with Crippen molar-refractivity contribution in [3.8, 4) is 0 Å². The van der Waals surface area contributed by atoms with E-state index in [9.17, 15) is 14.4 Å². The number of Topliss-reactive ketones (excluding diaryl/α,β-unsaturated/α-hetero) is 1. The van der Waals surface area contributed by atoms with Gasteiger partial charge in [-0.05, 0) is 25.5 Å². The van der Waals surface area contributed by atoms with Crippen LogP contribution in [0.1, 0.15) is 48.4 Å². The maximum Gasteiger partial charge on any atom is 0.257 e. The number of amides is 2. The SMILES string of the molecule is Cc1nc(CNC(=O)C2CC(=O)c3sc(NC(=O)c4ccccc4C)nc3C2)cs1. The van der Waals surface area contributed by atoms with Crippen molar-refractivity contribution >= 4 is 45.4 Å². The highest BCUT2D eigenvalue weighted by molar-refractivity contribution is 7.17. The molecule has 2 amide bonds. The lowest BCUT2D eigenvalue weighted by atomic mass is 9.89. The third-order valence-electron chi connectivity index (χ3n) is 4.91. The quantitative estimate of drug-likeness (QED) is 0.632. The van der Waals surface area contributed by atoms with Crippen LogP contribution in [0.15, 0.2) is 29.6 Å². The zero-order valence-corrected chi connectivity index (χ0v) is 18.2. The van der Waals surface area contributed by atoms with E-state index in [1.165, 1.54) is 22.7 Å². The third kappa shape index (κ3) is 4.31. The summed E-state index contributed by atoms with van der Waals surface area (Å²) in [6, 6.07) is 7.27. The van der Waals surface area contributed by atoms with Crippen LogP contribution in [0.5, 0.6) is 0 Å². The molecule has 0 aliphatic heterocycles. The van der Waals surface area contributed by atoms with Gasteiger partial charge in [-0.2, -0.15) is 0 Å². The Balaban J connectivity index is 1.43. The van der Waals surface area contributed by atoms with E-state index in [1.807, 2.05) is 31.4 Å². The minimum Gasteiger partial charge on any atom is -0.350 e.